The van der Waals surface area contributed by atoms with Crippen molar-refractivity contribution in [1.82, 2.24) is 0 Å². The van der Waals surface area contributed by atoms with E-state index in [1.807, 2.05) is 54.6 Å². The van der Waals surface area contributed by atoms with Gasteiger partial charge in [-0.25, -0.2) is 0 Å². The number of hydrogen-bond donors (Lipinski definition) is 3. The SMILES string of the molecule is CC1CCC(CC(=O)O)c2ccc3c(c21)C(C(=O)c1ccc(NC(=O)c2ccccc2-c2ccc(CN)cc2)cc1)Cc1ccccc1-3. The Labute approximate surface area is 280 Å². The average Bonchev–Trinajstić information content (AvgIpc) is 3.12. The largest absolute Gasteiger partial charge is 0.481 e. The van der Waals surface area contributed by atoms with E-state index in [1.54, 1.807) is 30.3 Å². The molecule has 0 aromatic heterocycles. The third-order valence-electron chi connectivity index (χ3n) is 10.1. The molecule has 5 aromatic rings. The van der Waals surface area contributed by atoms with Gasteiger partial charge in [0.2, 0.25) is 0 Å². The highest BCUT2D eigenvalue weighted by atomic mass is 16.4. The number of amides is 1. The van der Waals surface area contributed by atoms with Crippen LogP contribution < -0.4 is 11.1 Å². The molecular formula is C42H38N2O4. The molecule has 2 aliphatic carbocycles. The molecule has 0 saturated carbocycles. The highest BCUT2D eigenvalue weighted by Gasteiger charge is 2.37. The number of carboxylic acids is 1. The number of benzene rings is 5. The zero-order valence-electron chi connectivity index (χ0n) is 26.9. The molecule has 0 bridgehead atoms. The molecule has 3 atom stereocenters. The quantitative estimate of drug-likeness (QED) is 0.148. The maximum atomic E-state index is 14.4. The number of nitrogens with two attached hydrogens (primary N) is 1. The minimum atomic E-state index is -0.798. The second-order valence-electron chi connectivity index (χ2n) is 13.1. The van der Waals surface area contributed by atoms with Gasteiger partial charge in [0.05, 0.1) is 12.3 Å². The summed E-state index contributed by atoms with van der Waals surface area (Å²) in [5.41, 5.74) is 16.9. The van der Waals surface area contributed by atoms with Gasteiger partial charge in [0.15, 0.2) is 5.78 Å². The van der Waals surface area contributed by atoms with Crippen LogP contribution in [0.1, 0.15) is 92.5 Å². The third-order valence-corrected chi connectivity index (χ3v) is 10.1. The van der Waals surface area contributed by atoms with Crippen molar-refractivity contribution in [1.29, 1.82) is 0 Å². The fourth-order valence-corrected chi connectivity index (χ4v) is 7.72. The van der Waals surface area contributed by atoms with Gasteiger partial charge in [-0.05, 0) is 112 Å². The number of anilines is 1. The summed E-state index contributed by atoms with van der Waals surface area (Å²) in [7, 11) is 0. The summed E-state index contributed by atoms with van der Waals surface area (Å²) >= 11 is 0. The molecule has 0 radical (unpaired) electrons. The lowest BCUT2D eigenvalue weighted by molar-refractivity contribution is -0.137. The fraction of sp³-hybridized carbons (Fsp3) is 0.214. The predicted octanol–water partition coefficient (Wildman–Crippen LogP) is 8.71. The van der Waals surface area contributed by atoms with E-state index in [4.69, 9.17) is 5.73 Å². The van der Waals surface area contributed by atoms with E-state index in [2.05, 4.69) is 36.5 Å². The zero-order chi connectivity index (χ0) is 33.4. The Bertz CT molecular complexity index is 2030. The minimum absolute atomic E-state index is 0.0239. The number of Topliss-reactive ketones (excluding diaryl/α,β-unsaturated/α-hetero) is 1. The van der Waals surface area contributed by atoms with Gasteiger partial charge in [-0.1, -0.05) is 85.8 Å². The fourth-order valence-electron chi connectivity index (χ4n) is 7.72. The van der Waals surface area contributed by atoms with Crippen molar-refractivity contribution in [3.8, 4) is 22.3 Å². The summed E-state index contributed by atoms with van der Waals surface area (Å²) in [6.45, 7) is 2.65. The Morgan fingerprint density at radius 1 is 0.771 bits per heavy atom. The third kappa shape index (κ3) is 5.84. The molecule has 240 valence electrons. The van der Waals surface area contributed by atoms with Gasteiger partial charge in [0, 0.05) is 23.4 Å². The summed E-state index contributed by atoms with van der Waals surface area (Å²) in [5, 5.41) is 12.7. The van der Waals surface area contributed by atoms with Gasteiger partial charge in [0.25, 0.3) is 5.91 Å². The van der Waals surface area contributed by atoms with E-state index in [-0.39, 0.29) is 29.9 Å². The Balaban J connectivity index is 1.19. The van der Waals surface area contributed by atoms with Crippen molar-refractivity contribution < 1.29 is 19.5 Å². The van der Waals surface area contributed by atoms with Crippen molar-refractivity contribution in [2.45, 2.75) is 56.9 Å². The summed E-state index contributed by atoms with van der Waals surface area (Å²) < 4.78 is 0. The molecule has 0 saturated heterocycles. The predicted molar refractivity (Wildman–Crippen MR) is 189 cm³/mol. The molecule has 6 nitrogen and oxygen atoms in total. The van der Waals surface area contributed by atoms with Gasteiger partial charge < -0.3 is 16.2 Å². The molecule has 0 heterocycles. The summed E-state index contributed by atoms with van der Waals surface area (Å²) in [6.07, 6.45) is 2.38. The molecule has 2 aliphatic rings. The van der Waals surface area contributed by atoms with Crippen molar-refractivity contribution in [2.24, 2.45) is 5.73 Å². The van der Waals surface area contributed by atoms with Crippen LogP contribution in [0, 0.1) is 0 Å². The number of nitrogens with one attached hydrogen (secondary N) is 1. The van der Waals surface area contributed by atoms with Crippen molar-refractivity contribution in [3.63, 3.8) is 0 Å². The molecule has 4 N–H and O–H groups in total. The number of aliphatic carboxylic acids is 1. The maximum absolute atomic E-state index is 14.4. The van der Waals surface area contributed by atoms with E-state index in [9.17, 15) is 19.5 Å². The minimum Gasteiger partial charge on any atom is -0.481 e. The molecule has 5 aromatic carbocycles. The molecule has 0 aliphatic heterocycles. The van der Waals surface area contributed by atoms with Crippen LogP contribution in [0.15, 0.2) is 109 Å². The number of carbonyl (C=O) groups excluding carboxylic acids is 2. The van der Waals surface area contributed by atoms with E-state index < -0.39 is 11.9 Å². The first-order chi connectivity index (χ1) is 23.3. The Morgan fingerprint density at radius 2 is 1.48 bits per heavy atom. The highest BCUT2D eigenvalue weighted by Crippen LogP contribution is 2.50. The van der Waals surface area contributed by atoms with Crippen molar-refractivity contribution >= 4 is 23.3 Å². The topological polar surface area (TPSA) is 109 Å². The monoisotopic (exact) mass is 634 g/mol. The molecular weight excluding hydrogens is 596 g/mol. The van der Waals surface area contributed by atoms with Crippen LogP contribution in [0.4, 0.5) is 5.69 Å². The standard InChI is InChI=1S/C42H38N2O4/c1-25-10-13-30(23-38(45)46)34-20-21-35-33-8-3-2-6-29(33)22-37(40(35)39(25)34)41(47)28-16-18-31(19-17-28)44-42(48)36-9-5-4-7-32(36)27-14-11-26(24-43)12-15-27/h2-9,11-12,14-21,25,30,37H,10,13,22-24,43H2,1H3,(H,44,48)(H,45,46). The molecule has 48 heavy (non-hydrogen) atoms. The summed E-state index contributed by atoms with van der Waals surface area (Å²) in [6, 6.07) is 35.0. The van der Waals surface area contributed by atoms with E-state index in [0.29, 0.717) is 29.8 Å². The second-order valence-corrected chi connectivity index (χ2v) is 13.1. The highest BCUT2D eigenvalue weighted by molar-refractivity contribution is 6.09. The van der Waals surface area contributed by atoms with Crippen LogP contribution in [-0.4, -0.2) is 22.8 Å². The lowest BCUT2D eigenvalue weighted by Crippen LogP contribution is -2.26. The first kappa shape index (κ1) is 31.3. The average molecular weight is 635 g/mol. The molecule has 0 fully saturated rings. The van der Waals surface area contributed by atoms with E-state index in [0.717, 1.165) is 62.9 Å². The lowest BCUT2D eigenvalue weighted by Gasteiger charge is -2.37. The van der Waals surface area contributed by atoms with Crippen molar-refractivity contribution in [2.75, 3.05) is 5.32 Å². The molecule has 7 rings (SSSR count). The first-order valence-corrected chi connectivity index (χ1v) is 16.6. The zero-order valence-corrected chi connectivity index (χ0v) is 26.9. The van der Waals surface area contributed by atoms with Gasteiger partial charge in [-0.2, -0.15) is 0 Å². The van der Waals surface area contributed by atoms with Crippen LogP contribution in [0.2, 0.25) is 0 Å². The van der Waals surface area contributed by atoms with Gasteiger partial charge in [-0.3, -0.25) is 14.4 Å². The van der Waals surface area contributed by atoms with Crippen LogP contribution >= 0.6 is 0 Å². The number of rotatable bonds is 8. The van der Waals surface area contributed by atoms with Gasteiger partial charge >= 0.3 is 5.97 Å². The Hall–Kier alpha value is -5.33. The van der Waals surface area contributed by atoms with Crippen LogP contribution in [0.3, 0.4) is 0 Å². The second kappa shape index (κ2) is 13.1. The number of ketones is 1. The van der Waals surface area contributed by atoms with Crippen LogP contribution in [0.5, 0.6) is 0 Å². The maximum Gasteiger partial charge on any atom is 0.303 e. The Kier molecular flexibility index (Phi) is 8.50. The molecule has 1 amide bonds. The summed E-state index contributed by atoms with van der Waals surface area (Å²) in [4.78, 5) is 39.7. The normalized spacial score (nSPS) is 17.8. The Morgan fingerprint density at radius 3 is 2.21 bits per heavy atom. The van der Waals surface area contributed by atoms with Gasteiger partial charge in [-0.15, -0.1) is 0 Å². The van der Waals surface area contributed by atoms with E-state index in [1.165, 1.54) is 0 Å². The molecule has 6 heteroatoms. The number of carboxylic acid groups (broad SMARTS) is 1. The summed E-state index contributed by atoms with van der Waals surface area (Å²) in [5.74, 6) is -1.25. The van der Waals surface area contributed by atoms with Crippen LogP contribution in [-0.2, 0) is 17.8 Å². The molecule has 3 unspecified atom stereocenters. The smallest absolute Gasteiger partial charge is 0.303 e. The van der Waals surface area contributed by atoms with Gasteiger partial charge in [0.1, 0.15) is 0 Å². The lowest BCUT2D eigenvalue weighted by atomic mass is 9.66. The van der Waals surface area contributed by atoms with E-state index >= 15 is 0 Å². The number of hydrogen-bond acceptors (Lipinski definition) is 4. The number of carbonyl (C=O) groups is 3. The molecule has 0 spiro atoms. The number of fused-ring (bicyclic) bond motifs is 5. The first-order valence-electron chi connectivity index (χ1n) is 16.6. The van der Waals surface area contributed by atoms with Crippen molar-refractivity contribution in [3.05, 3.63) is 148 Å². The van der Waals surface area contributed by atoms with Crippen LogP contribution in [0.25, 0.3) is 22.3 Å².